The summed E-state index contributed by atoms with van der Waals surface area (Å²) in [6.45, 7) is 0. The van der Waals surface area contributed by atoms with E-state index in [2.05, 4.69) is 19.9 Å². The van der Waals surface area contributed by atoms with Crippen molar-refractivity contribution < 1.29 is 25.6 Å². The van der Waals surface area contributed by atoms with Crippen LogP contribution in [0.3, 0.4) is 0 Å². The number of H-pyrrole nitrogens is 2. The molecule has 4 heterocycles. The lowest BCUT2D eigenvalue weighted by molar-refractivity contribution is 0.278. The minimum atomic E-state index is -4.38. The first-order valence-electron chi connectivity index (χ1n) is 14.0. The van der Waals surface area contributed by atoms with E-state index in [0.29, 0.717) is 11.4 Å². The van der Waals surface area contributed by atoms with Crippen molar-refractivity contribution >= 4 is 19.7 Å². The molecule has 6 rings (SSSR count). The average molecular weight is 660 g/mol. The van der Waals surface area contributed by atoms with Gasteiger partial charge in [-0.2, -0.15) is 0 Å². The molecule has 0 amide bonds. The summed E-state index contributed by atoms with van der Waals surface area (Å²) in [4.78, 5) is 14.8. The lowest BCUT2D eigenvalue weighted by Gasteiger charge is -2.33. The summed E-state index contributed by atoms with van der Waals surface area (Å²) in [7, 11) is -7.38. The molecule has 0 fully saturated rings. The van der Waals surface area contributed by atoms with Gasteiger partial charge in [0.1, 0.15) is 22.4 Å². The van der Waals surface area contributed by atoms with Gasteiger partial charge >= 0.3 is 0 Å². The van der Waals surface area contributed by atoms with Gasteiger partial charge in [0.05, 0.1) is 9.79 Å². The third-order valence-electron chi connectivity index (χ3n) is 7.56. The first-order valence-corrected chi connectivity index (χ1v) is 17.0. The molecule has 234 valence electrons. The van der Waals surface area contributed by atoms with Gasteiger partial charge in [0.2, 0.25) is 0 Å². The van der Waals surface area contributed by atoms with E-state index in [0.717, 1.165) is 0 Å². The quantitative estimate of drug-likeness (QED) is 0.176. The Hall–Kier alpha value is -4.98. The van der Waals surface area contributed by atoms with E-state index in [4.69, 9.17) is 0 Å². The molecule has 46 heavy (non-hydrogen) atoms. The highest BCUT2D eigenvalue weighted by Gasteiger charge is 2.43. The van der Waals surface area contributed by atoms with Gasteiger partial charge in [0, 0.05) is 70.8 Å². The maximum atomic E-state index is 14.7. The van der Waals surface area contributed by atoms with Crippen LogP contribution < -0.4 is 0 Å². The minimum Gasteiger partial charge on any atom is -0.361 e. The van der Waals surface area contributed by atoms with Crippen molar-refractivity contribution in [3.8, 4) is 22.5 Å². The average Bonchev–Trinajstić information content (AvgIpc) is 3.73. The van der Waals surface area contributed by atoms with E-state index in [-0.39, 0.29) is 32.0 Å². The molecule has 0 spiro atoms. The van der Waals surface area contributed by atoms with Gasteiger partial charge < -0.3 is 9.97 Å². The smallest absolute Gasteiger partial charge is 0.200 e. The second-order valence-corrected chi connectivity index (χ2v) is 14.5. The molecule has 2 unspecified atom stereocenters. The lowest BCUT2D eigenvalue weighted by Crippen LogP contribution is -2.38. The normalized spacial score (nSPS) is 13.5. The summed E-state index contributed by atoms with van der Waals surface area (Å²) in [5.74, 6) is -1.05. The number of halogens is 2. The van der Waals surface area contributed by atoms with Gasteiger partial charge in [-0.15, -0.1) is 0 Å². The molecule has 6 aromatic rings. The van der Waals surface area contributed by atoms with Crippen molar-refractivity contribution in [2.45, 2.75) is 20.5 Å². The number of pyridine rings is 2. The molecule has 0 aliphatic heterocycles. The van der Waals surface area contributed by atoms with Crippen LogP contribution in [0.25, 0.3) is 22.5 Å². The molecular weight excluding hydrogens is 633 g/mol. The second kappa shape index (κ2) is 12.4. The van der Waals surface area contributed by atoms with Crippen molar-refractivity contribution in [3.05, 3.63) is 145 Å². The molecule has 0 radical (unpaired) electrons. The van der Waals surface area contributed by atoms with Crippen LogP contribution in [-0.4, -0.2) is 48.7 Å². The van der Waals surface area contributed by atoms with Crippen LogP contribution >= 0.6 is 0 Å². The Kier molecular flexibility index (Phi) is 8.38. The highest BCUT2D eigenvalue weighted by Crippen LogP contribution is 2.42. The highest BCUT2D eigenvalue weighted by atomic mass is 32.2. The SMILES string of the molecule is CN(C(c1c[nH]c(-c2ccccc2F)c1)S(=O)(=O)c1cccnc1)C(c1c[nH]c(-c2ccccc2F)c1)S(=O)(=O)c1cccnc1. The van der Waals surface area contributed by atoms with E-state index in [1.807, 2.05) is 0 Å². The van der Waals surface area contributed by atoms with Crippen LogP contribution in [0.15, 0.2) is 132 Å². The summed E-state index contributed by atoms with van der Waals surface area (Å²) in [5, 5.41) is -3.23. The number of sulfone groups is 2. The Morgan fingerprint density at radius 3 is 1.41 bits per heavy atom. The van der Waals surface area contributed by atoms with Gasteiger partial charge in [0.15, 0.2) is 19.7 Å². The number of nitrogens with zero attached hydrogens (tertiary/aromatic N) is 3. The summed E-state index contributed by atoms with van der Waals surface area (Å²) < 4.78 is 87.2. The predicted octanol–water partition coefficient (Wildman–Crippen LogP) is 6.32. The molecule has 0 bridgehead atoms. The van der Waals surface area contributed by atoms with Crippen molar-refractivity contribution in [1.29, 1.82) is 0 Å². The highest BCUT2D eigenvalue weighted by molar-refractivity contribution is 7.92. The lowest BCUT2D eigenvalue weighted by atomic mass is 10.1. The standard InChI is InChI=1S/C33H27F2N5O4S2/c1-40(32(45(41,42)24-8-6-14-36-20-24)22-16-30(38-18-22)26-10-2-4-12-28(26)34)33(46(43,44)25-9-7-15-37-21-25)23-17-31(39-19-23)27-11-3-5-13-29(27)35/h2-21,32-33,38-39H,1H3. The Balaban J connectivity index is 1.55. The van der Waals surface area contributed by atoms with Gasteiger partial charge in [0.25, 0.3) is 0 Å². The fraction of sp³-hybridized carbons (Fsp3) is 0.0909. The molecule has 0 aliphatic rings. The zero-order valence-corrected chi connectivity index (χ0v) is 25.9. The number of aromatic nitrogens is 4. The van der Waals surface area contributed by atoms with Crippen LogP contribution in [0.4, 0.5) is 8.78 Å². The van der Waals surface area contributed by atoms with Crippen LogP contribution in [0.1, 0.15) is 21.9 Å². The summed E-state index contributed by atoms with van der Waals surface area (Å²) in [6, 6.07) is 20.6. The third-order valence-corrected chi connectivity index (χ3v) is 11.7. The molecule has 2 aromatic carbocycles. The number of aromatic amines is 2. The molecule has 13 heteroatoms. The number of benzene rings is 2. The Morgan fingerprint density at radius 2 is 1.04 bits per heavy atom. The van der Waals surface area contributed by atoms with E-state index < -0.39 is 42.1 Å². The van der Waals surface area contributed by atoms with Crippen molar-refractivity contribution in [1.82, 2.24) is 24.8 Å². The van der Waals surface area contributed by atoms with Gasteiger partial charge in [-0.3, -0.25) is 14.9 Å². The fourth-order valence-corrected chi connectivity index (χ4v) is 9.11. The molecule has 2 atom stereocenters. The first kappa shape index (κ1) is 31.0. The number of hydrogen-bond acceptors (Lipinski definition) is 7. The molecule has 0 saturated carbocycles. The first-order chi connectivity index (χ1) is 22.1. The number of rotatable bonds is 10. The predicted molar refractivity (Wildman–Crippen MR) is 168 cm³/mol. The van der Waals surface area contributed by atoms with Crippen LogP contribution in [0, 0.1) is 11.6 Å². The van der Waals surface area contributed by atoms with Crippen molar-refractivity contribution in [2.75, 3.05) is 7.05 Å². The summed E-state index contributed by atoms with van der Waals surface area (Å²) in [6.07, 6.45) is 8.02. The van der Waals surface area contributed by atoms with Crippen LogP contribution in [0.2, 0.25) is 0 Å². The maximum Gasteiger partial charge on any atom is 0.200 e. The Labute approximate surface area is 264 Å². The topological polar surface area (TPSA) is 129 Å². The Morgan fingerprint density at radius 1 is 0.630 bits per heavy atom. The van der Waals surface area contributed by atoms with Gasteiger partial charge in [-0.1, -0.05) is 24.3 Å². The number of hydrogen-bond donors (Lipinski definition) is 2. The third kappa shape index (κ3) is 5.75. The van der Waals surface area contributed by atoms with E-state index >= 15 is 0 Å². The Bertz CT molecular complexity index is 2050. The zero-order chi connectivity index (χ0) is 32.5. The van der Waals surface area contributed by atoms with E-state index in [9.17, 15) is 25.6 Å². The number of nitrogens with one attached hydrogen (secondary N) is 2. The van der Waals surface area contributed by atoms with E-state index in [1.54, 1.807) is 24.3 Å². The molecule has 0 aliphatic carbocycles. The molecule has 0 saturated heterocycles. The maximum absolute atomic E-state index is 14.7. The van der Waals surface area contributed by atoms with Crippen LogP contribution in [0.5, 0.6) is 0 Å². The molecule has 4 aromatic heterocycles. The zero-order valence-electron chi connectivity index (χ0n) is 24.2. The molecular formula is C33H27F2N5O4S2. The largest absolute Gasteiger partial charge is 0.361 e. The van der Waals surface area contributed by atoms with Gasteiger partial charge in [-0.05, 0) is 67.7 Å². The van der Waals surface area contributed by atoms with Crippen molar-refractivity contribution in [3.63, 3.8) is 0 Å². The second-order valence-electron chi connectivity index (χ2n) is 10.5. The van der Waals surface area contributed by atoms with Crippen LogP contribution in [-0.2, 0) is 19.7 Å². The monoisotopic (exact) mass is 659 g/mol. The molecule has 2 N–H and O–H groups in total. The molecule has 9 nitrogen and oxygen atoms in total. The minimum absolute atomic E-state index is 0.154. The summed E-state index contributed by atoms with van der Waals surface area (Å²) in [5.41, 5.74) is 1.30. The van der Waals surface area contributed by atoms with Crippen molar-refractivity contribution in [2.24, 2.45) is 0 Å². The van der Waals surface area contributed by atoms with E-state index in [1.165, 1.54) is 110 Å². The van der Waals surface area contributed by atoms with Gasteiger partial charge in [-0.25, -0.2) is 25.6 Å². The fourth-order valence-electron chi connectivity index (χ4n) is 5.46. The summed E-state index contributed by atoms with van der Waals surface area (Å²) >= 11 is 0.